The zero-order valence-corrected chi connectivity index (χ0v) is 16.9. The first kappa shape index (κ1) is 22.0. The SMILES string of the molecule is CCCCCCCCCCCCCCCC[N@+]1(C)CCC[C@H]1CO. The highest BCUT2D eigenvalue weighted by Crippen LogP contribution is 2.25. The van der Waals surface area contributed by atoms with Crippen molar-refractivity contribution in [3.8, 4) is 0 Å². The van der Waals surface area contributed by atoms with Gasteiger partial charge in [-0.2, -0.15) is 0 Å². The first-order chi connectivity index (χ1) is 11.7. The summed E-state index contributed by atoms with van der Waals surface area (Å²) in [5.41, 5.74) is 0. The second-order valence-electron chi connectivity index (χ2n) is 8.50. The molecule has 2 nitrogen and oxygen atoms in total. The van der Waals surface area contributed by atoms with Crippen LogP contribution in [0, 0.1) is 0 Å². The predicted molar refractivity (Wildman–Crippen MR) is 106 cm³/mol. The van der Waals surface area contributed by atoms with Gasteiger partial charge in [0, 0.05) is 12.8 Å². The van der Waals surface area contributed by atoms with Crippen molar-refractivity contribution in [3.63, 3.8) is 0 Å². The first-order valence-electron chi connectivity index (χ1n) is 11.2. The van der Waals surface area contributed by atoms with Crippen LogP contribution in [0.4, 0.5) is 0 Å². The van der Waals surface area contributed by atoms with Gasteiger partial charge in [0.15, 0.2) is 0 Å². The van der Waals surface area contributed by atoms with Crippen molar-refractivity contribution in [2.75, 3.05) is 26.7 Å². The summed E-state index contributed by atoms with van der Waals surface area (Å²) in [4.78, 5) is 0. The van der Waals surface area contributed by atoms with Gasteiger partial charge in [0.05, 0.1) is 26.7 Å². The van der Waals surface area contributed by atoms with Gasteiger partial charge >= 0.3 is 0 Å². The van der Waals surface area contributed by atoms with E-state index in [4.69, 9.17) is 0 Å². The molecule has 144 valence electrons. The van der Waals surface area contributed by atoms with Crippen LogP contribution in [-0.2, 0) is 0 Å². The van der Waals surface area contributed by atoms with Gasteiger partial charge in [0.2, 0.25) is 0 Å². The molecular weight excluding hydrogens is 294 g/mol. The summed E-state index contributed by atoms with van der Waals surface area (Å²) in [6.45, 7) is 5.24. The molecule has 1 rings (SSSR count). The van der Waals surface area contributed by atoms with Gasteiger partial charge in [0.1, 0.15) is 6.04 Å². The van der Waals surface area contributed by atoms with Crippen LogP contribution < -0.4 is 0 Å². The quantitative estimate of drug-likeness (QED) is 0.267. The monoisotopic (exact) mass is 340 g/mol. The average molecular weight is 341 g/mol. The molecule has 1 aliphatic heterocycles. The van der Waals surface area contributed by atoms with E-state index in [1.807, 2.05) is 0 Å². The van der Waals surface area contributed by atoms with Crippen LogP contribution in [0.25, 0.3) is 0 Å². The fourth-order valence-corrected chi connectivity index (χ4v) is 4.43. The van der Waals surface area contributed by atoms with E-state index in [1.54, 1.807) is 0 Å². The fourth-order valence-electron chi connectivity index (χ4n) is 4.43. The van der Waals surface area contributed by atoms with Crippen LogP contribution in [0.3, 0.4) is 0 Å². The smallest absolute Gasteiger partial charge is 0.112 e. The number of likely N-dealkylation sites (N-methyl/N-ethyl adjacent to an activating group) is 1. The molecule has 0 amide bonds. The molecule has 0 aromatic carbocycles. The Morgan fingerprint density at radius 3 is 1.67 bits per heavy atom. The molecule has 0 radical (unpaired) electrons. The number of nitrogens with zero attached hydrogens (tertiary/aromatic N) is 1. The molecule has 2 atom stereocenters. The summed E-state index contributed by atoms with van der Waals surface area (Å²) in [6.07, 6.45) is 22.6. The zero-order chi connectivity index (χ0) is 17.5. The molecule has 0 aliphatic carbocycles. The molecule has 2 heteroatoms. The third kappa shape index (κ3) is 9.42. The summed E-state index contributed by atoms with van der Waals surface area (Å²) in [5, 5.41) is 9.50. The van der Waals surface area contributed by atoms with E-state index in [0.717, 1.165) is 4.48 Å². The number of rotatable bonds is 16. The van der Waals surface area contributed by atoms with Gasteiger partial charge in [0.25, 0.3) is 0 Å². The summed E-state index contributed by atoms with van der Waals surface area (Å²) >= 11 is 0. The Balaban J connectivity index is 1.81. The van der Waals surface area contributed by atoms with Crippen LogP contribution in [0.15, 0.2) is 0 Å². The molecule has 1 N–H and O–H groups in total. The minimum Gasteiger partial charge on any atom is -0.390 e. The standard InChI is InChI=1S/C22H46NO/c1-3-4-5-6-7-8-9-10-11-12-13-14-15-16-19-23(2)20-17-18-22(23)21-24/h22,24H,3-21H2,1-2H3/q+1/t22-,23+/m0/s1. The molecule has 1 fully saturated rings. The minimum atomic E-state index is 0.384. The second-order valence-corrected chi connectivity index (χ2v) is 8.50. The van der Waals surface area contributed by atoms with Crippen molar-refractivity contribution in [1.29, 1.82) is 0 Å². The lowest BCUT2D eigenvalue weighted by molar-refractivity contribution is -0.921. The van der Waals surface area contributed by atoms with Gasteiger partial charge < -0.3 is 9.59 Å². The molecule has 0 spiro atoms. The number of quaternary nitrogens is 1. The topological polar surface area (TPSA) is 20.2 Å². The maximum absolute atomic E-state index is 9.50. The fraction of sp³-hybridized carbons (Fsp3) is 1.00. The third-order valence-corrected chi connectivity index (χ3v) is 6.32. The predicted octanol–water partition coefficient (Wildman–Crippen LogP) is 6.07. The number of hydrogen-bond acceptors (Lipinski definition) is 1. The van der Waals surface area contributed by atoms with Crippen molar-refractivity contribution in [2.24, 2.45) is 0 Å². The number of hydrogen-bond donors (Lipinski definition) is 1. The average Bonchev–Trinajstić information content (AvgIpc) is 2.96. The number of aliphatic hydroxyl groups is 1. The molecule has 24 heavy (non-hydrogen) atoms. The first-order valence-corrected chi connectivity index (χ1v) is 11.2. The third-order valence-electron chi connectivity index (χ3n) is 6.32. The molecule has 0 aromatic rings. The minimum absolute atomic E-state index is 0.384. The van der Waals surface area contributed by atoms with Crippen LogP contribution >= 0.6 is 0 Å². The van der Waals surface area contributed by atoms with E-state index in [9.17, 15) is 5.11 Å². The maximum Gasteiger partial charge on any atom is 0.112 e. The van der Waals surface area contributed by atoms with Crippen molar-refractivity contribution in [3.05, 3.63) is 0 Å². The zero-order valence-electron chi connectivity index (χ0n) is 16.9. The molecule has 0 bridgehead atoms. The Bertz CT molecular complexity index is 281. The van der Waals surface area contributed by atoms with Crippen molar-refractivity contribution < 1.29 is 9.59 Å². The highest BCUT2D eigenvalue weighted by molar-refractivity contribution is 4.66. The number of likely N-dealkylation sites (tertiary alicyclic amines) is 1. The van der Waals surface area contributed by atoms with Gasteiger partial charge in [-0.1, -0.05) is 84.0 Å². The molecule has 1 heterocycles. The van der Waals surface area contributed by atoms with Crippen molar-refractivity contribution in [2.45, 2.75) is 116 Å². The Kier molecular flexibility index (Phi) is 12.9. The molecule has 0 saturated carbocycles. The molecule has 0 unspecified atom stereocenters. The lowest BCUT2D eigenvalue weighted by Gasteiger charge is -2.35. The molecule has 1 saturated heterocycles. The van der Waals surface area contributed by atoms with E-state index in [1.165, 1.54) is 116 Å². The van der Waals surface area contributed by atoms with Gasteiger partial charge in [-0.05, 0) is 12.8 Å². The van der Waals surface area contributed by atoms with E-state index < -0.39 is 0 Å². The second kappa shape index (κ2) is 14.1. The van der Waals surface area contributed by atoms with E-state index in [0.29, 0.717) is 12.6 Å². The van der Waals surface area contributed by atoms with Crippen molar-refractivity contribution >= 4 is 0 Å². The van der Waals surface area contributed by atoms with Gasteiger partial charge in [-0.15, -0.1) is 0 Å². The molecule has 0 aromatic heterocycles. The van der Waals surface area contributed by atoms with Crippen LogP contribution in [0.5, 0.6) is 0 Å². The number of unbranched alkanes of at least 4 members (excludes halogenated alkanes) is 13. The van der Waals surface area contributed by atoms with Gasteiger partial charge in [-0.3, -0.25) is 0 Å². The van der Waals surface area contributed by atoms with Crippen LogP contribution in [-0.4, -0.2) is 42.4 Å². The summed E-state index contributed by atoms with van der Waals surface area (Å²) in [7, 11) is 2.36. The Morgan fingerprint density at radius 2 is 1.21 bits per heavy atom. The molecule has 1 aliphatic rings. The number of aliphatic hydroxyl groups excluding tert-OH is 1. The van der Waals surface area contributed by atoms with Crippen LogP contribution in [0.1, 0.15) is 110 Å². The lowest BCUT2D eigenvalue weighted by atomic mass is 10.0. The largest absolute Gasteiger partial charge is 0.390 e. The molecular formula is C22H46NO+. The Labute approximate surface area is 152 Å². The van der Waals surface area contributed by atoms with Crippen LogP contribution in [0.2, 0.25) is 0 Å². The van der Waals surface area contributed by atoms with E-state index in [-0.39, 0.29) is 0 Å². The highest BCUT2D eigenvalue weighted by atomic mass is 16.3. The normalized spacial score (nSPS) is 23.9. The highest BCUT2D eigenvalue weighted by Gasteiger charge is 2.36. The summed E-state index contributed by atoms with van der Waals surface area (Å²) in [6, 6.07) is 0.520. The summed E-state index contributed by atoms with van der Waals surface area (Å²) < 4.78 is 1.13. The lowest BCUT2D eigenvalue weighted by Crippen LogP contribution is -2.50. The van der Waals surface area contributed by atoms with Crippen molar-refractivity contribution in [1.82, 2.24) is 0 Å². The summed E-state index contributed by atoms with van der Waals surface area (Å²) in [5.74, 6) is 0. The van der Waals surface area contributed by atoms with E-state index in [2.05, 4.69) is 14.0 Å². The Hall–Kier alpha value is -0.0800. The Morgan fingerprint density at radius 1 is 0.750 bits per heavy atom. The van der Waals surface area contributed by atoms with Gasteiger partial charge in [-0.25, -0.2) is 0 Å². The maximum atomic E-state index is 9.50. The van der Waals surface area contributed by atoms with E-state index >= 15 is 0 Å².